The summed E-state index contributed by atoms with van der Waals surface area (Å²) in [6.07, 6.45) is 5.91. The Morgan fingerprint density at radius 1 is 0.947 bits per heavy atom. The van der Waals surface area contributed by atoms with Crippen molar-refractivity contribution in [3.8, 4) is 0 Å². The van der Waals surface area contributed by atoms with Gasteiger partial charge < -0.3 is 4.57 Å². The molecule has 3 heterocycles. The highest BCUT2D eigenvalue weighted by Crippen LogP contribution is 2.17. The van der Waals surface area contributed by atoms with Gasteiger partial charge in [-0.3, -0.25) is 9.38 Å². The van der Waals surface area contributed by atoms with E-state index in [2.05, 4.69) is 25.0 Å². The van der Waals surface area contributed by atoms with E-state index in [4.69, 9.17) is 0 Å². The fourth-order valence-corrected chi connectivity index (χ4v) is 2.38. The van der Waals surface area contributed by atoms with Gasteiger partial charge in [0.05, 0.1) is 23.3 Å². The van der Waals surface area contributed by atoms with Crippen LogP contribution in [0.1, 0.15) is 5.69 Å². The number of aromatic nitrogens is 4. The molecule has 19 heavy (non-hydrogen) atoms. The van der Waals surface area contributed by atoms with Gasteiger partial charge in [-0.15, -0.1) is 0 Å². The predicted molar refractivity (Wildman–Crippen MR) is 74.0 cm³/mol. The Balaban J connectivity index is 1.87. The summed E-state index contributed by atoms with van der Waals surface area (Å²) in [6, 6.07) is 14.1. The second kappa shape index (κ2) is 3.95. The fraction of sp³-hybridized carbons (Fsp3) is 0.0667. The molecule has 0 saturated heterocycles. The van der Waals surface area contributed by atoms with Crippen molar-refractivity contribution in [1.82, 2.24) is 18.9 Å². The Morgan fingerprint density at radius 3 is 2.74 bits per heavy atom. The lowest BCUT2D eigenvalue weighted by Gasteiger charge is -2.01. The maximum Gasteiger partial charge on any atom is 0.215 e. The van der Waals surface area contributed by atoms with Crippen molar-refractivity contribution in [2.24, 2.45) is 0 Å². The number of fused-ring (bicyclic) bond motifs is 3. The molecular weight excluding hydrogens is 236 g/mol. The smallest absolute Gasteiger partial charge is 0.215 e. The number of imidazole rings is 2. The molecule has 4 aromatic rings. The van der Waals surface area contributed by atoms with E-state index in [1.165, 1.54) is 0 Å². The number of benzene rings is 1. The lowest BCUT2D eigenvalue weighted by molar-refractivity contribution is 0.794. The lowest BCUT2D eigenvalue weighted by Crippen LogP contribution is -2.00. The molecule has 0 amide bonds. The van der Waals surface area contributed by atoms with Crippen LogP contribution in [0.4, 0.5) is 0 Å². The van der Waals surface area contributed by atoms with Gasteiger partial charge in [0.1, 0.15) is 0 Å². The molecule has 0 fully saturated rings. The van der Waals surface area contributed by atoms with E-state index >= 15 is 0 Å². The van der Waals surface area contributed by atoms with Crippen LogP contribution in [0.3, 0.4) is 0 Å². The van der Waals surface area contributed by atoms with Crippen molar-refractivity contribution >= 4 is 16.8 Å². The molecule has 0 unspecified atom stereocenters. The summed E-state index contributed by atoms with van der Waals surface area (Å²) in [6.45, 7) is 0.737. The Hall–Kier alpha value is -2.62. The van der Waals surface area contributed by atoms with Crippen molar-refractivity contribution in [2.75, 3.05) is 0 Å². The summed E-state index contributed by atoms with van der Waals surface area (Å²) in [5.41, 5.74) is 3.19. The van der Waals surface area contributed by atoms with Gasteiger partial charge in [0.15, 0.2) is 0 Å². The maximum atomic E-state index is 4.67. The average Bonchev–Trinajstić information content (AvgIpc) is 3.00. The number of para-hydroxylation sites is 2. The zero-order valence-corrected chi connectivity index (χ0v) is 10.3. The molecular formula is C15H12N4. The molecule has 4 rings (SSSR count). The van der Waals surface area contributed by atoms with E-state index in [0.717, 1.165) is 29.0 Å². The van der Waals surface area contributed by atoms with Crippen molar-refractivity contribution in [1.29, 1.82) is 0 Å². The summed E-state index contributed by atoms with van der Waals surface area (Å²) in [5.74, 6) is 0.951. The van der Waals surface area contributed by atoms with Gasteiger partial charge in [0.2, 0.25) is 5.78 Å². The predicted octanol–water partition coefficient (Wildman–Crippen LogP) is 2.73. The third kappa shape index (κ3) is 1.61. The molecule has 3 aromatic heterocycles. The molecule has 0 aliphatic heterocycles. The minimum absolute atomic E-state index is 0.737. The first kappa shape index (κ1) is 10.3. The van der Waals surface area contributed by atoms with Crippen molar-refractivity contribution in [3.05, 3.63) is 66.7 Å². The van der Waals surface area contributed by atoms with Crippen LogP contribution >= 0.6 is 0 Å². The molecule has 0 bridgehead atoms. The van der Waals surface area contributed by atoms with Crippen LogP contribution in [0.15, 0.2) is 61.1 Å². The molecule has 92 valence electrons. The molecule has 4 nitrogen and oxygen atoms in total. The van der Waals surface area contributed by atoms with Crippen LogP contribution in [0, 0.1) is 0 Å². The Morgan fingerprint density at radius 2 is 1.84 bits per heavy atom. The Kier molecular flexibility index (Phi) is 2.14. The number of hydrogen-bond donors (Lipinski definition) is 0. The molecule has 0 aliphatic carbocycles. The standard InChI is InChI=1S/C15H12N4/c1-2-7-14-13(6-1)17-15-18(9-10-19(14)15)11-12-5-3-4-8-16-12/h1-10H,11H2. The number of hydrogen-bond acceptors (Lipinski definition) is 2. The molecule has 0 spiro atoms. The number of pyridine rings is 1. The lowest BCUT2D eigenvalue weighted by atomic mass is 10.3. The maximum absolute atomic E-state index is 4.67. The molecule has 1 aromatic carbocycles. The van der Waals surface area contributed by atoms with E-state index in [9.17, 15) is 0 Å². The molecule has 4 heteroatoms. The summed E-state index contributed by atoms with van der Waals surface area (Å²) in [7, 11) is 0. The first-order valence-corrected chi connectivity index (χ1v) is 6.24. The third-order valence-electron chi connectivity index (χ3n) is 3.29. The second-order valence-electron chi connectivity index (χ2n) is 4.52. The van der Waals surface area contributed by atoms with Gasteiger partial charge >= 0.3 is 0 Å². The van der Waals surface area contributed by atoms with E-state index in [0.29, 0.717) is 0 Å². The van der Waals surface area contributed by atoms with Crippen molar-refractivity contribution in [2.45, 2.75) is 6.54 Å². The van der Waals surface area contributed by atoms with Crippen LogP contribution < -0.4 is 0 Å². The van der Waals surface area contributed by atoms with Crippen LogP contribution in [0.25, 0.3) is 16.8 Å². The van der Waals surface area contributed by atoms with Gasteiger partial charge in [0.25, 0.3) is 0 Å². The van der Waals surface area contributed by atoms with E-state index in [1.807, 2.05) is 55.0 Å². The summed E-state index contributed by atoms with van der Waals surface area (Å²) < 4.78 is 4.22. The zero-order valence-electron chi connectivity index (χ0n) is 10.3. The number of rotatable bonds is 2. The first-order valence-electron chi connectivity index (χ1n) is 6.24. The van der Waals surface area contributed by atoms with E-state index < -0.39 is 0 Å². The highest BCUT2D eigenvalue weighted by atomic mass is 15.2. The third-order valence-corrected chi connectivity index (χ3v) is 3.29. The molecule has 0 saturated carbocycles. The number of nitrogens with zero attached hydrogens (tertiary/aromatic N) is 4. The van der Waals surface area contributed by atoms with Crippen LogP contribution in [0.2, 0.25) is 0 Å². The Labute approximate surface area is 110 Å². The topological polar surface area (TPSA) is 35.1 Å². The highest BCUT2D eigenvalue weighted by molar-refractivity contribution is 5.79. The largest absolute Gasteiger partial charge is 0.311 e. The van der Waals surface area contributed by atoms with Crippen molar-refractivity contribution in [3.63, 3.8) is 0 Å². The minimum Gasteiger partial charge on any atom is -0.311 e. The van der Waals surface area contributed by atoms with E-state index in [1.54, 1.807) is 0 Å². The quantitative estimate of drug-likeness (QED) is 0.546. The van der Waals surface area contributed by atoms with Crippen LogP contribution in [0.5, 0.6) is 0 Å². The molecule has 0 radical (unpaired) electrons. The Bertz CT molecular complexity index is 842. The summed E-state index contributed by atoms with van der Waals surface area (Å²) in [4.78, 5) is 9.03. The summed E-state index contributed by atoms with van der Waals surface area (Å²) >= 11 is 0. The zero-order chi connectivity index (χ0) is 12.7. The first-order chi connectivity index (χ1) is 9.42. The van der Waals surface area contributed by atoms with Gasteiger partial charge in [-0.05, 0) is 24.3 Å². The van der Waals surface area contributed by atoms with Crippen LogP contribution in [-0.4, -0.2) is 18.9 Å². The summed E-state index contributed by atoms with van der Waals surface area (Å²) in [5, 5.41) is 0. The second-order valence-corrected chi connectivity index (χ2v) is 4.52. The highest BCUT2D eigenvalue weighted by Gasteiger charge is 2.08. The SMILES string of the molecule is c1ccc(Cn2ccn3c4ccccc4nc23)nc1. The van der Waals surface area contributed by atoms with Gasteiger partial charge in [-0.1, -0.05) is 18.2 Å². The average molecular weight is 248 g/mol. The normalized spacial score (nSPS) is 11.4. The van der Waals surface area contributed by atoms with Gasteiger partial charge in [0, 0.05) is 18.6 Å². The molecule has 0 N–H and O–H groups in total. The minimum atomic E-state index is 0.737. The van der Waals surface area contributed by atoms with Crippen LogP contribution in [-0.2, 0) is 6.54 Å². The van der Waals surface area contributed by atoms with E-state index in [-0.39, 0.29) is 0 Å². The molecule has 0 aliphatic rings. The van der Waals surface area contributed by atoms with Crippen molar-refractivity contribution < 1.29 is 0 Å². The monoisotopic (exact) mass is 248 g/mol. The fourth-order valence-electron chi connectivity index (χ4n) is 2.38. The van der Waals surface area contributed by atoms with Gasteiger partial charge in [-0.25, -0.2) is 4.98 Å². The molecule has 0 atom stereocenters. The van der Waals surface area contributed by atoms with Gasteiger partial charge in [-0.2, -0.15) is 0 Å².